The van der Waals surface area contributed by atoms with Crippen LogP contribution in [0.4, 0.5) is 26.3 Å². The molecular weight excluding hydrogens is 1050 g/mol. The summed E-state index contributed by atoms with van der Waals surface area (Å²) in [7, 11) is 0. The molecule has 0 saturated carbocycles. The maximum absolute atomic E-state index is 15.2. The second-order valence-electron chi connectivity index (χ2n) is 21.5. The number of nitriles is 1. The minimum absolute atomic E-state index is 0.0587. The molecule has 0 bridgehead atoms. The van der Waals surface area contributed by atoms with Gasteiger partial charge in [0, 0.05) is 53.9 Å². The molecular formula is C71H42F6N6. The molecule has 398 valence electrons. The molecule has 0 aliphatic heterocycles. The third-order valence-corrected chi connectivity index (χ3v) is 16.8. The predicted molar refractivity (Wildman–Crippen MR) is 322 cm³/mol. The summed E-state index contributed by atoms with van der Waals surface area (Å²) in [6, 6.07) is 70.1. The van der Waals surface area contributed by atoms with Crippen LogP contribution in [0.2, 0.25) is 0 Å². The minimum atomic E-state index is -4.86. The molecule has 0 atom stereocenters. The molecule has 5 aromatic heterocycles. The summed E-state index contributed by atoms with van der Waals surface area (Å²) in [6.07, 6.45) is -9.71. The molecule has 6 nitrogen and oxygen atoms in total. The van der Waals surface area contributed by atoms with E-state index in [1.165, 1.54) is 12.1 Å². The van der Waals surface area contributed by atoms with Crippen molar-refractivity contribution in [3.05, 3.63) is 246 Å². The van der Waals surface area contributed by atoms with Crippen molar-refractivity contribution in [1.82, 2.24) is 22.8 Å². The van der Waals surface area contributed by atoms with Crippen LogP contribution in [0, 0.1) is 25.2 Å². The smallest absolute Gasteiger partial charge is 0.306 e. The van der Waals surface area contributed by atoms with Gasteiger partial charge in [-0.3, -0.25) is 0 Å². The Hall–Kier alpha value is -10.5. The van der Waals surface area contributed by atoms with Crippen LogP contribution in [0.25, 0.3) is 137 Å². The van der Waals surface area contributed by atoms with E-state index in [0.29, 0.717) is 39.5 Å². The number of benzene rings is 11. The fourth-order valence-electron chi connectivity index (χ4n) is 13.5. The maximum Gasteiger partial charge on any atom is 0.416 e. The number of hydrogen-bond donors (Lipinski definition) is 0. The van der Waals surface area contributed by atoms with Crippen molar-refractivity contribution in [2.45, 2.75) is 26.2 Å². The van der Waals surface area contributed by atoms with Crippen molar-refractivity contribution in [2.75, 3.05) is 0 Å². The second-order valence-corrected chi connectivity index (χ2v) is 21.5. The van der Waals surface area contributed by atoms with E-state index in [4.69, 9.17) is 0 Å². The summed E-state index contributed by atoms with van der Waals surface area (Å²) in [5.41, 5.74) is 8.84. The van der Waals surface area contributed by atoms with Gasteiger partial charge >= 0.3 is 12.4 Å². The number of aryl methyl sites for hydroxylation is 2. The van der Waals surface area contributed by atoms with Gasteiger partial charge in [0.25, 0.3) is 0 Å². The van der Waals surface area contributed by atoms with Crippen molar-refractivity contribution in [2.24, 2.45) is 0 Å². The molecule has 12 heteroatoms. The SMILES string of the molecule is Cc1ccc2c(c1)c1cc(C)ccc1n2-c1c(-n2c3ccccc3c3ccccc32)c(C#N)c(-n2c3ccccc3c3ccccc32)c(-n2c3ccc(C(F)(F)F)cc3c3cc(C(F)(F)F)ccc32)c1-n1c2ccccc2c2ccccc21. The lowest BCUT2D eigenvalue weighted by molar-refractivity contribution is -0.138. The minimum Gasteiger partial charge on any atom is -0.306 e. The molecule has 0 N–H and O–H groups in total. The quantitative estimate of drug-likeness (QED) is 0.158. The van der Waals surface area contributed by atoms with Crippen molar-refractivity contribution in [1.29, 1.82) is 5.26 Å². The summed E-state index contributed by atoms with van der Waals surface area (Å²) in [4.78, 5) is 0. The summed E-state index contributed by atoms with van der Waals surface area (Å²) in [5, 5.41) is 20.0. The van der Waals surface area contributed by atoms with Gasteiger partial charge in [-0.1, -0.05) is 132 Å². The molecule has 0 fully saturated rings. The van der Waals surface area contributed by atoms with Gasteiger partial charge in [0.1, 0.15) is 11.6 Å². The van der Waals surface area contributed by atoms with Gasteiger partial charge in [-0.15, -0.1) is 0 Å². The normalized spacial score (nSPS) is 12.6. The molecule has 0 aliphatic rings. The van der Waals surface area contributed by atoms with E-state index in [1.807, 2.05) is 114 Å². The Labute approximate surface area is 468 Å². The highest BCUT2D eigenvalue weighted by molar-refractivity contribution is 6.18. The summed E-state index contributed by atoms with van der Waals surface area (Å²) in [5.74, 6) is 0. The number of para-hydroxylation sites is 6. The van der Waals surface area contributed by atoms with Crippen LogP contribution in [-0.2, 0) is 12.4 Å². The van der Waals surface area contributed by atoms with Gasteiger partial charge in [0.2, 0.25) is 0 Å². The van der Waals surface area contributed by atoms with Crippen LogP contribution in [0.3, 0.4) is 0 Å². The Morgan fingerprint density at radius 1 is 0.277 bits per heavy atom. The number of halogens is 6. The third kappa shape index (κ3) is 6.79. The number of rotatable bonds is 5. The van der Waals surface area contributed by atoms with Gasteiger partial charge < -0.3 is 22.8 Å². The van der Waals surface area contributed by atoms with Crippen LogP contribution in [-0.4, -0.2) is 22.8 Å². The summed E-state index contributed by atoms with van der Waals surface area (Å²) in [6.45, 7) is 4.10. The first kappa shape index (κ1) is 48.4. The summed E-state index contributed by atoms with van der Waals surface area (Å²) < 4.78 is 102. The molecule has 83 heavy (non-hydrogen) atoms. The lowest BCUT2D eigenvalue weighted by atomic mass is 10.0. The zero-order valence-electron chi connectivity index (χ0n) is 44.2. The van der Waals surface area contributed by atoms with Crippen molar-refractivity contribution >= 4 is 109 Å². The predicted octanol–water partition coefficient (Wildman–Crippen LogP) is 19.7. The average molecular weight is 1090 g/mol. The molecule has 5 heterocycles. The van der Waals surface area contributed by atoms with E-state index in [2.05, 4.69) is 111 Å². The van der Waals surface area contributed by atoms with E-state index in [-0.39, 0.29) is 27.4 Å². The molecule has 0 unspecified atom stereocenters. The standard InChI is InChI=1S/C71H42F6N6/c1-40-27-31-61-50(35-40)51-36-41(2)28-32-62(51)82(61)67-65(79-55-21-9-3-15-44(55)45-16-4-10-22-56(45)79)54(39-78)66(80-57-23-11-5-17-46(57)47-18-6-12-24-58(47)80)68(69(67)81-59-25-13-7-19-48(59)49-20-8-14-26-60(49)81)83-63-33-29-42(70(72,73)74)37-52(63)53-38-43(71(75,76)77)30-34-64(53)83/h3-38H,1-2H3. The van der Waals surface area contributed by atoms with Crippen LogP contribution >= 0.6 is 0 Å². The first-order valence-electron chi connectivity index (χ1n) is 27.1. The van der Waals surface area contributed by atoms with Crippen LogP contribution in [0.15, 0.2) is 218 Å². The maximum atomic E-state index is 15.2. The van der Waals surface area contributed by atoms with Gasteiger partial charge in [0.05, 0.1) is 94.7 Å². The first-order valence-corrected chi connectivity index (χ1v) is 27.1. The second kappa shape index (κ2) is 17.3. The summed E-state index contributed by atoms with van der Waals surface area (Å²) >= 11 is 0. The van der Waals surface area contributed by atoms with Gasteiger partial charge in [-0.25, -0.2) is 0 Å². The third-order valence-electron chi connectivity index (χ3n) is 16.8. The van der Waals surface area contributed by atoms with E-state index in [1.54, 1.807) is 0 Å². The zero-order chi connectivity index (χ0) is 56.4. The van der Waals surface area contributed by atoms with Crippen molar-refractivity contribution < 1.29 is 26.3 Å². The highest BCUT2D eigenvalue weighted by atomic mass is 19.4. The van der Waals surface area contributed by atoms with E-state index in [9.17, 15) is 5.26 Å². The van der Waals surface area contributed by atoms with Crippen LogP contribution in [0.5, 0.6) is 0 Å². The van der Waals surface area contributed by atoms with Crippen molar-refractivity contribution in [3.63, 3.8) is 0 Å². The van der Waals surface area contributed by atoms with Gasteiger partial charge in [-0.2, -0.15) is 31.6 Å². The monoisotopic (exact) mass is 1090 g/mol. The number of aromatic nitrogens is 5. The molecule has 11 aromatic carbocycles. The molecule has 16 aromatic rings. The lowest BCUT2D eigenvalue weighted by Crippen LogP contribution is -2.19. The molecule has 0 radical (unpaired) electrons. The molecule has 0 amide bonds. The van der Waals surface area contributed by atoms with Crippen LogP contribution in [0.1, 0.15) is 27.8 Å². The average Bonchev–Trinajstić information content (AvgIpc) is 2.00. The Morgan fingerprint density at radius 3 is 0.783 bits per heavy atom. The Kier molecular flexibility index (Phi) is 10.1. The number of alkyl halides is 6. The Morgan fingerprint density at radius 2 is 0.506 bits per heavy atom. The van der Waals surface area contributed by atoms with Gasteiger partial charge in [0.15, 0.2) is 0 Å². The van der Waals surface area contributed by atoms with Crippen LogP contribution < -0.4 is 0 Å². The largest absolute Gasteiger partial charge is 0.416 e. The Bertz CT molecular complexity index is 5250. The highest BCUT2D eigenvalue weighted by Crippen LogP contribution is 2.52. The number of hydrogen-bond acceptors (Lipinski definition) is 1. The molecule has 0 aliphatic carbocycles. The molecule has 0 saturated heterocycles. The number of nitrogens with zero attached hydrogens (tertiary/aromatic N) is 6. The first-order chi connectivity index (χ1) is 40.3. The number of fused-ring (bicyclic) bond motifs is 15. The van der Waals surface area contributed by atoms with Crippen molar-refractivity contribution in [3.8, 4) is 34.5 Å². The molecule has 16 rings (SSSR count). The fourth-order valence-corrected chi connectivity index (χ4v) is 13.5. The lowest BCUT2D eigenvalue weighted by Gasteiger charge is -2.30. The highest BCUT2D eigenvalue weighted by Gasteiger charge is 2.38. The van der Waals surface area contributed by atoms with E-state index in [0.717, 1.165) is 112 Å². The topological polar surface area (TPSA) is 48.4 Å². The Balaban J connectivity index is 1.30. The molecule has 0 spiro atoms. The fraction of sp³-hybridized carbons (Fsp3) is 0.0563. The van der Waals surface area contributed by atoms with E-state index < -0.39 is 23.5 Å². The van der Waals surface area contributed by atoms with Gasteiger partial charge in [-0.05, 0) is 111 Å². The zero-order valence-corrected chi connectivity index (χ0v) is 44.2. The van der Waals surface area contributed by atoms with E-state index >= 15 is 26.3 Å².